The number of benzene rings is 1. The summed E-state index contributed by atoms with van der Waals surface area (Å²) in [6.07, 6.45) is 0.668. The fourth-order valence-corrected chi connectivity index (χ4v) is 2.46. The summed E-state index contributed by atoms with van der Waals surface area (Å²) in [5.41, 5.74) is 7.86. The summed E-state index contributed by atoms with van der Waals surface area (Å²) in [5.74, 6) is -0.275. The first-order valence-corrected chi connectivity index (χ1v) is 6.98. The van der Waals surface area contributed by atoms with Crippen LogP contribution in [0, 0.1) is 18.3 Å². The number of amides is 1. The second-order valence-electron chi connectivity index (χ2n) is 4.26. The number of hydrogen-bond acceptors (Lipinski definition) is 5. The SMILES string of the molecule is Cc1ccc(C#N)cc1NC(=O)c1csc(CCN)n1. The predicted octanol–water partition coefficient (Wildman–Crippen LogP) is 2.08. The number of nitrogens with zero attached hydrogens (tertiary/aromatic N) is 2. The summed E-state index contributed by atoms with van der Waals surface area (Å²) in [6, 6.07) is 7.22. The second-order valence-corrected chi connectivity index (χ2v) is 5.20. The standard InChI is InChI=1S/C14H14N4OS/c1-9-2-3-10(7-16)6-11(9)18-14(19)12-8-20-13(17-12)4-5-15/h2-3,6,8H,4-5,15H2,1H3,(H,18,19). The molecule has 20 heavy (non-hydrogen) atoms. The highest BCUT2D eigenvalue weighted by Crippen LogP contribution is 2.18. The molecule has 0 aliphatic rings. The lowest BCUT2D eigenvalue weighted by molar-refractivity contribution is 0.102. The van der Waals surface area contributed by atoms with E-state index in [-0.39, 0.29) is 5.91 Å². The number of rotatable bonds is 4. The second kappa shape index (κ2) is 6.28. The van der Waals surface area contributed by atoms with Gasteiger partial charge in [-0.15, -0.1) is 11.3 Å². The summed E-state index contributed by atoms with van der Waals surface area (Å²) in [4.78, 5) is 16.3. The summed E-state index contributed by atoms with van der Waals surface area (Å²) in [7, 11) is 0. The van der Waals surface area contributed by atoms with Gasteiger partial charge in [0.1, 0.15) is 5.69 Å². The molecule has 0 radical (unpaired) electrons. The van der Waals surface area contributed by atoms with Gasteiger partial charge in [0.05, 0.1) is 16.6 Å². The predicted molar refractivity (Wildman–Crippen MR) is 78.7 cm³/mol. The van der Waals surface area contributed by atoms with Crippen molar-refractivity contribution in [2.45, 2.75) is 13.3 Å². The van der Waals surface area contributed by atoms with Crippen LogP contribution in [0.1, 0.15) is 26.6 Å². The van der Waals surface area contributed by atoms with E-state index < -0.39 is 0 Å². The van der Waals surface area contributed by atoms with Gasteiger partial charge in [-0.1, -0.05) is 6.07 Å². The molecular weight excluding hydrogens is 272 g/mol. The number of anilines is 1. The molecule has 0 aliphatic carbocycles. The molecule has 1 aromatic heterocycles. The molecule has 2 aromatic rings. The molecule has 0 fully saturated rings. The van der Waals surface area contributed by atoms with E-state index >= 15 is 0 Å². The third-order valence-electron chi connectivity index (χ3n) is 2.76. The minimum atomic E-state index is -0.275. The van der Waals surface area contributed by atoms with Crippen molar-refractivity contribution in [3.63, 3.8) is 0 Å². The van der Waals surface area contributed by atoms with Crippen LogP contribution in [-0.4, -0.2) is 17.4 Å². The number of nitrogens with two attached hydrogens (primary N) is 1. The van der Waals surface area contributed by atoms with Crippen molar-refractivity contribution in [1.29, 1.82) is 5.26 Å². The molecule has 0 unspecified atom stereocenters. The molecule has 0 bridgehead atoms. The first-order valence-electron chi connectivity index (χ1n) is 6.10. The van der Waals surface area contributed by atoms with Crippen LogP contribution < -0.4 is 11.1 Å². The summed E-state index contributed by atoms with van der Waals surface area (Å²) < 4.78 is 0. The minimum Gasteiger partial charge on any atom is -0.330 e. The summed E-state index contributed by atoms with van der Waals surface area (Å²) in [5, 5.41) is 14.2. The first-order chi connectivity index (χ1) is 9.63. The van der Waals surface area contributed by atoms with E-state index in [1.54, 1.807) is 23.6 Å². The minimum absolute atomic E-state index is 0.275. The van der Waals surface area contributed by atoms with Crippen molar-refractivity contribution in [3.8, 4) is 6.07 Å². The van der Waals surface area contributed by atoms with Gasteiger partial charge >= 0.3 is 0 Å². The zero-order valence-corrected chi connectivity index (χ0v) is 11.8. The number of aromatic nitrogens is 1. The summed E-state index contributed by atoms with van der Waals surface area (Å²) >= 11 is 1.42. The lowest BCUT2D eigenvalue weighted by Gasteiger charge is -2.07. The van der Waals surface area contributed by atoms with Crippen LogP contribution in [0.2, 0.25) is 0 Å². The van der Waals surface area contributed by atoms with Gasteiger partial charge in [0.2, 0.25) is 0 Å². The highest BCUT2D eigenvalue weighted by Gasteiger charge is 2.12. The van der Waals surface area contributed by atoms with E-state index in [0.29, 0.717) is 29.9 Å². The fraction of sp³-hybridized carbons (Fsp3) is 0.214. The van der Waals surface area contributed by atoms with Gasteiger partial charge in [-0.2, -0.15) is 5.26 Å². The molecule has 0 aliphatic heterocycles. The molecule has 0 spiro atoms. The molecule has 1 heterocycles. The molecule has 5 nitrogen and oxygen atoms in total. The first kappa shape index (κ1) is 14.2. The molecule has 0 saturated carbocycles. The maximum atomic E-state index is 12.1. The molecule has 0 saturated heterocycles. The Bertz CT molecular complexity index is 672. The number of thiazole rings is 1. The Morgan fingerprint density at radius 2 is 2.35 bits per heavy atom. The number of hydrogen-bond donors (Lipinski definition) is 2. The van der Waals surface area contributed by atoms with Gasteiger partial charge < -0.3 is 11.1 Å². The number of nitrogens with one attached hydrogen (secondary N) is 1. The van der Waals surface area contributed by atoms with Crippen molar-refractivity contribution < 1.29 is 4.79 Å². The van der Waals surface area contributed by atoms with Crippen LogP contribution in [0.3, 0.4) is 0 Å². The van der Waals surface area contributed by atoms with Crippen LogP contribution in [-0.2, 0) is 6.42 Å². The van der Waals surface area contributed by atoms with Crippen molar-refractivity contribution in [2.24, 2.45) is 5.73 Å². The van der Waals surface area contributed by atoms with Gasteiger partial charge in [0.15, 0.2) is 0 Å². The Balaban J connectivity index is 2.16. The molecular formula is C14H14N4OS. The van der Waals surface area contributed by atoms with Gasteiger partial charge in [-0.25, -0.2) is 4.98 Å². The zero-order valence-electron chi connectivity index (χ0n) is 11.0. The van der Waals surface area contributed by atoms with E-state index in [1.807, 2.05) is 13.0 Å². The summed E-state index contributed by atoms with van der Waals surface area (Å²) in [6.45, 7) is 2.38. The van der Waals surface area contributed by atoms with E-state index in [4.69, 9.17) is 11.0 Å². The van der Waals surface area contributed by atoms with E-state index in [1.165, 1.54) is 11.3 Å². The molecule has 2 rings (SSSR count). The lowest BCUT2D eigenvalue weighted by Crippen LogP contribution is -2.13. The van der Waals surface area contributed by atoms with Crippen LogP contribution in [0.15, 0.2) is 23.6 Å². The molecule has 3 N–H and O–H groups in total. The van der Waals surface area contributed by atoms with E-state index in [2.05, 4.69) is 10.3 Å². The van der Waals surface area contributed by atoms with Crippen molar-refractivity contribution in [1.82, 2.24) is 4.98 Å². The van der Waals surface area contributed by atoms with Crippen LogP contribution in [0.25, 0.3) is 0 Å². The Kier molecular flexibility index (Phi) is 4.45. The normalized spacial score (nSPS) is 10.1. The maximum absolute atomic E-state index is 12.1. The quantitative estimate of drug-likeness (QED) is 0.900. The third-order valence-corrected chi connectivity index (χ3v) is 3.67. The van der Waals surface area contributed by atoms with E-state index in [9.17, 15) is 4.79 Å². The number of carbonyl (C=O) groups is 1. The molecule has 1 aromatic carbocycles. The Morgan fingerprint density at radius 1 is 1.55 bits per heavy atom. The van der Waals surface area contributed by atoms with Crippen molar-refractivity contribution in [3.05, 3.63) is 45.4 Å². The Morgan fingerprint density at radius 3 is 3.05 bits per heavy atom. The number of nitriles is 1. The monoisotopic (exact) mass is 286 g/mol. The van der Waals surface area contributed by atoms with Gasteiger partial charge in [0, 0.05) is 17.5 Å². The molecule has 102 valence electrons. The van der Waals surface area contributed by atoms with Crippen LogP contribution in [0.5, 0.6) is 0 Å². The topological polar surface area (TPSA) is 91.8 Å². The van der Waals surface area contributed by atoms with Gasteiger partial charge in [-0.05, 0) is 31.2 Å². The molecule has 6 heteroatoms. The Labute approximate surface area is 121 Å². The highest BCUT2D eigenvalue weighted by molar-refractivity contribution is 7.09. The largest absolute Gasteiger partial charge is 0.330 e. The smallest absolute Gasteiger partial charge is 0.275 e. The van der Waals surface area contributed by atoms with Gasteiger partial charge in [-0.3, -0.25) is 4.79 Å². The number of aryl methyl sites for hydroxylation is 1. The average Bonchev–Trinajstić information content (AvgIpc) is 2.90. The third kappa shape index (κ3) is 3.20. The molecule has 0 atom stereocenters. The highest BCUT2D eigenvalue weighted by atomic mass is 32.1. The van der Waals surface area contributed by atoms with Gasteiger partial charge in [0.25, 0.3) is 5.91 Å². The van der Waals surface area contributed by atoms with Crippen LogP contribution >= 0.6 is 11.3 Å². The number of carbonyl (C=O) groups excluding carboxylic acids is 1. The van der Waals surface area contributed by atoms with E-state index in [0.717, 1.165) is 10.6 Å². The van der Waals surface area contributed by atoms with Crippen molar-refractivity contribution in [2.75, 3.05) is 11.9 Å². The zero-order chi connectivity index (χ0) is 14.5. The molecule has 1 amide bonds. The Hall–Kier alpha value is -2.23. The maximum Gasteiger partial charge on any atom is 0.275 e. The lowest BCUT2D eigenvalue weighted by atomic mass is 10.1. The fourth-order valence-electron chi connectivity index (χ4n) is 1.67. The van der Waals surface area contributed by atoms with Crippen molar-refractivity contribution >= 4 is 22.9 Å². The van der Waals surface area contributed by atoms with Crippen LogP contribution in [0.4, 0.5) is 5.69 Å². The average molecular weight is 286 g/mol.